The van der Waals surface area contributed by atoms with Gasteiger partial charge in [-0.25, -0.2) is 14.1 Å². The van der Waals surface area contributed by atoms with Crippen LogP contribution in [0.2, 0.25) is 0 Å². The van der Waals surface area contributed by atoms with Crippen molar-refractivity contribution < 1.29 is 18.5 Å². The highest BCUT2D eigenvalue weighted by molar-refractivity contribution is 5.97. The van der Waals surface area contributed by atoms with E-state index in [2.05, 4.69) is 22.5 Å². The average Bonchev–Trinajstić information content (AvgIpc) is 3.18. The molecule has 0 saturated carbocycles. The summed E-state index contributed by atoms with van der Waals surface area (Å²) >= 11 is 0. The lowest BCUT2D eigenvalue weighted by atomic mass is 9.99. The Bertz CT molecular complexity index is 1020. The molecule has 1 saturated heterocycles. The first-order chi connectivity index (χ1) is 16.7. The fourth-order valence-electron chi connectivity index (χ4n) is 4.88. The zero-order valence-corrected chi connectivity index (χ0v) is 21.7. The Hall–Kier alpha value is -2.74. The molecule has 2 amide bonds. The number of aromatic nitrogens is 2. The van der Waals surface area contributed by atoms with Crippen molar-refractivity contribution in [3.8, 4) is 0 Å². The smallest absolute Gasteiger partial charge is 0.384 e. The zero-order valence-electron chi connectivity index (χ0n) is 21.7. The van der Waals surface area contributed by atoms with Crippen molar-refractivity contribution in [2.45, 2.75) is 78.8 Å². The normalized spacial score (nSPS) is 16.4. The topological polar surface area (TPSA) is 94.2 Å². The molecular weight excluding hydrogens is 444 g/mol. The Balaban J connectivity index is 1.75. The third-order valence-corrected chi connectivity index (χ3v) is 6.67. The third kappa shape index (κ3) is 7.37. The summed E-state index contributed by atoms with van der Waals surface area (Å²) in [5.74, 6) is -0.952. The first kappa shape index (κ1) is 26.9. The number of likely N-dealkylation sites (tertiary alicyclic amines) is 1. The molecule has 2 aromatic rings. The highest BCUT2D eigenvalue weighted by Crippen LogP contribution is 2.22. The van der Waals surface area contributed by atoms with Crippen LogP contribution in [-0.2, 0) is 13.0 Å². The van der Waals surface area contributed by atoms with E-state index in [4.69, 9.17) is 4.42 Å². The van der Waals surface area contributed by atoms with Crippen molar-refractivity contribution in [2.75, 3.05) is 19.6 Å². The van der Waals surface area contributed by atoms with Gasteiger partial charge in [-0.2, -0.15) is 4.68 Å². The SMILES string of the molecule is CC(C)C[C@H](NC(=O)[N+]1(CCCc2ccccc2)CCCCC1)C(=O)c1nn(CC(C)C)c(=O)o1. The Morgan fingerprint density at radius 1 is 1.06 bits per heavy atom. The molecule has 192 valence electrons. The monoisotopic (exact) mass is 485 g/mol. The van der Waals surface area contributed by atoms with Crippen LogP contribution in [0.25, 0.3) is 0 Å². The fourth-order valence-corrected chi connectivity index (χ4v) is 4.88. The lowest BCUT2D eigenvalue weighted by Crippen LogP contribution is -2.62. The number of hydrogen-bond acceptors (Lipinski definition) is 5. The third-order valence-electron chi connectivity index (χ3n) is 6.67. The van der Waals surface area contributed by atoms with Gasteiger partial charge < -0.3 is 4.42 Å². The van der Waals surface area contributed by atoms with Gasteiger partial charge in [0.1, 0.15) is 6.04 Å². The molecule has 1 aliphatic heterocycles. The molecule has 1 aliphatic rings. The lowest BCUT2D eigenvalue weighted by Gasteiger charge is -2.39. The van der Waals surface area contributed by atoms with Crippen LogP contribution >= 0.6 is 0 Å². The average molecular weight is 486 g/mol. The number of benzene rings is 1. The molecule has 1 N–H and O–H groups in total. The number of nitrogens with zero attached hydrogens (tertiary/aromatic N) is 3. The van der Waals surface area contributed by atoms with Crippen LogP contribution in [0, 0.1) is 11.8 Å². The van der Waals surface area contributed by atoms with Crippen LogP contribution in [-0.4, -0.2) is 51.8 Å². The zero-order chi connectivity index (χ0) is 25.4. The van der Waals surface area contributed by atoms with Gasteiger partial charge in [0, 0.05) is 6.42 Å². The highest BCUT2D eigenvalue weighted by atomic mass is 16.4. The number of ketones is 1. The number of hydrogen-bond donors (Lipinski definition) is 1. The molecule has 1 atom stereocenters. The van der Waals surface area contributed by atoms with Crippen LogP contribution in [0.3, 0.4) is 0 Å². The maximum atomic E-state index is 13.7. The van der Waals surface area contributed by atoms with Crippen LogP contribution in [0.15, 0.2) is 39.5 Å². The summed E-state index contributed by atoms with van der Waals surface area (Å²) in [6, 6.07) is 9.43. The summed E-state index contributed by atoms with van der Waals surface area (Å²) in [6.07, 6.45) is 5.38. The van der Waals surface area contributed by atoms with E-state index in [9.17, 15) is 14.4 Å². The van der Waals surface area contributed by atoms with E-state index < -0.39 is 17.6 Å². The van der Waals surface area contributed by atoms with E-state index in [0.717, 1.165) is 51.7 Å². The molecule has 1 aromatic heterocycles. The van der Waals surface area contributed by atoms with Gasteiger partial charge >= 0.3 is 11.8 Å². The molecule has 8 heteroatoms. The molecule has 8 nitrogen and oxygen atoms in total. The predicted molar refractivity (Wildman–Crippen MR) is 135 cm³/mol. The van der Waals surface area contributed by atoms with Gasteiger partial charge in [0.05, 0.1) is 26.2 Å². The maximum absolute atomic E-state index is 13.7. The van der Waals surface area contributed by atoms with E-state index in [0.29, 0.717) is 17.4 Å². The second-order valence-electron chi connectivity index (χ2n) is 10.7. The molecule has 1 fully saturated rings. The fraction of sp³-hybridized carbons (Fsp3) is 0.630. The molecule has 2 heterocycles. The number of quaternary nitrogens is 1. The quantitative estimate of drug-likeness (QED) is 0.375. The Labute approximate surface area is 208 Å². The molecule has 0 unspecified atom stereocenters. The van der Waals surface area contributed by atoms with Gasteiger partial charge in [-0.15, -0.1) is 5.10 Å². The number of carbonyl (C=O) groups is 2. The Morgan fingerprint density at radius 2 is 1.74 bits per heavy atom. The van der Waals surface area contributed by atoms with Crippen LogP contribution < -0.4 is 11.1 Å². The van der Waals surface area contributed by atoms with Gasteiger partial charge in [0.2, 0.25) is 5.78 Å². The van der Waals surface area contributed by atoms with Gasteiger partial charge in [-0.05, 0) is 49.5 Å². The van der Waals surface area contributed by atoms with Crippen molar-refractivity contribution in [3.05, 3.63) is 52.3 Å². The number of aryl methyl sites for hydroxylation is 1. The van der Waals surface area contributed by atoms with E-state index in [1.54, 1.807) is 0 Å². The number of rotatable bonds is 11. The summed E-state index contributed by atoms with van der Waals surface area (Å²) in [5.41, 5.74) is 1.27. The van der Waals surface area contributed by atoms with Gasteiger partial charge in [-0.3, -0.25) is 10.1 Å². The van der Waals surface area contributed by atoms with E-state index in [1.165, 1.54) is 10.2 Å². The minimum absolute atomic E-state index is 0.110. The van der Waals surface area contributed by atoms with Gasteiger partial charge in [0.25, 0.3) is 5.89 Å². The van der Waals surface area contributed by atoms with E-state index >= 15 is 0 Å². The number of nitrogens with one attached hydrogen (secondary N) is 1. The molecule has 0 aliphatic carbocycles. The van der Waals surface area contributed by atoms with Crippen LogP contribution in [0.1, 0.15) is 76.0 Å². The maximum Gasteiger partial charge on any atom is 0.437 e. The molecule has 3 rings (SSSR count). The first-order valence-corrected chi connectivity index (χ1v) is 13.0. The number of amides is 2. The number of urea groups is 1. The van der Waals surface area contributed by atoms with Crippen molar-refractivity contribution >= 4 is 11.8 Å². The summed E-state index contributed by atoms with van der Waals surface area (Å²) < 4.78 is 6.73. The summed E-state index contributed by atoms with van der Waals surface area (Å²) in [6.45, 7) is 10.6. The minimum atomic E-state index is -0.779. The summed E-state index contributed by atoms with van der Waals surface area (Å²) in [5, 5.41) is 7.18. The van der Waals surface area contributed by atoms with Crippen molar-refractivity contribution in [3.63, 3.8) is 0 Å². The van der Waals surface area contributed by atoms with Crippen molar-refractivity contribution in [2.24, 2.45) is 11.8 Å². The van der Waals surface area contributed by atoms with Crippen LogP contribution in [0.5, 0.6) is 0 Å². The summed E-state index contributed by atoms with van der Waals surface area (Å²) in [7, 11) is 0. The van der Waals surface area contributed by atoms with Crippen molar-refractivity contribution in [1.29, 1.82) is 0 Å². The van der Waals surface area contributed by atoms with Gasteiger partial charge in [0.15, 0.2) is 0 Å². The largest absolute Gasteiger partial charge is 0.437 e. The highest BCUT2D eigenvalue weighted by Gasteiger charge is 2.40. The predicted octanol–water partition coefficient (Wildman–Crippen LogP) is 4.43. The second-order valence-corrected chi connectivity index (χ2v) is 10.7. The first-order valence-electron chi connectivity index (χ1n) is 13.0. The number of piperidine rings is 1. The molecule has 0 radical (unpaired) electrons. The number of Topliss-reactive ketones (excluding diaryl/α,β-unsaturated/α-hetero) is 1. The van der Waals surface area contributed by atoms with E-state index in [-0.39, 0.29) is 23.8 Å². The lowest BCUT2D eigenvalue weighted by molar-refractivity contribution is -0.856. The molecular formula is C27H41N4O4+. The van der Waals surface area contributed by atoms with E-state index in [1.807, 2.05) is 45.9 Å². The summed E-state index contributed by atoms with van der Waals surface area (Å²) in [4.78, 5) is 39.2. The molecule has 0 bridgehead atoms. The minimum Gasteiger partial charge on any atom is -0.384 e. The van der Waals surface area contributed by atoms with Crippen LogP contribution in [0.4, 0.5) is 4.79 Å². The molecule has 0 spiro atoms. The molecule has 35 heavy (non-hydrogen) atoms. The Kier molecular flexibility index (Phi) is 9.43. The second kappa shape index (κ2) is 12.3. The standard InChI is InChI=1S/C27H40N4O4/c1-20(2)18-23(24(32)25-29-30(19-21(3)4)27(34)35-25)28-26(33)31(15-9-6-10-16-31)17-11-14-22-12-7-5-8-13-22/h5,7-8,12-13,20-21,23H,6,9-11,14-19H2,1-4H3/p+1/t23-/m0/s1. The number of carbonyl (C=O) groups excluding carboxylic acids is 2. The van der Waals surface area contributed by atoms with Gasteiger partial charge in [-0.1, -0.05) is 58.0 Å². The van der Waals surface area contributed by atoms with Crippen molar-refractivity contribution in [1.82, 2.24) is 15.1 Å². The molecule has 1 aromatic carbocycles. The Morgan fingerprint density at radius 3 is 2.37 bits per heavy atom.